The number of ether oxygens (including phenoxy) is 1. The summed E-state index contributed by atoms with van der Waals surface area (Å²) in [5.41, 5.74) is 3.27. The molecule has 1 saturated heterocycles. The van der Waals surface area contributed by atoms with Crippen LogP contribution in [0.15, 0.2) is 48.1 Å². The average molecular weight is 360 g/mol. The zero-order valence-corrected chi connectivity index (χ0v) is 14.3. The van der Waals surface area contributed by atoms with Crippen molar-refractivity contribution in [2.45, 2.75) is 6.92 Å². The van der Waals surface area contributed by atoms with E-state index in [-0.39, 0.29) is 0 Å². The van der Waals surface area contributed by atoms with Crippen molar-refractivity contribution in [2.24, 2.45) is 5.10 Å². The largest absolute Gasteiger partial charge is 0.473 e. The quantitative estimate of drug-likeness (QED) is 0.621. The molecule has 1 fully saturated rings. The summed E-state index contributed by atoms with van der Waals surface area (Å²) >= 11 is 0. The first-order chi connectivity index (χ1) is 12.5. The van der Waals surface area contributed by atoms with E-state index in [4.69, 9.17) is 24.5 Å². The van der Waals surface area contributed by atoms with Gasteiger partial charge in [0.15, 0.2) is 0 Å². The molecule has 1 aromatic heterocycles. The van der Waals surface area contributed by atoms with Gasteiger partial charge in [0.2, 0.25) is 0 Å². The molecular formula is C17H20N4O5. The van der Waals surface area contributed by atoms with Gasteiger partial charge in [0, 0.05) is 18.1 Å². The van der Waals surface area contributed by atoms with Gasteiger partial charge in [-0.05, 0) is 24.6 Å². The molecule has 3 rings (SSSR count). The van der Waals surface area contributed by atoms with Crippen molar-refractivity contribution in [2.75, 3.05) is 26.3 Å². The maximum absolute atomic E-state index is 9.10. The normalized spacial score (nSPS) is 14.3. The van der Waals surface area contributed by atoms with E-state index in [1.165, 1.54) is 0 Å². The van der Waals surface area contributed by atoms with Crippen LogP contribution in [0, 0.1) is 0 Å². The van der Waals surface area contributed by atoms with Crippen molar-refractivity contribution in [3.63, 3.8) is 0 Å². The first-order valence-electron chi connectivity index (χ1n) is 7.90. The third kappa shape index (κ3) is 5.71. The lowest BCUT2D eigenvalue weighted by molar-refractivity contribution is -0.159. The Labute approximate surface area is 150 Å². The summed E-state index contributed by atoms with van der Waals surface area (Å²) in [6.45, 7) is 5.29. The zero-order valence-electron chi connectivity index (χ0n) is 14.3. The van der Waals surface area contributed by atoms with Crippen LogP contribution in [-0.2, 0) is 14.3 Å². The first kappa shape index (κ1) is 19.1. The predicted octanol–water partition coefficient (Wildman–Crippen LogP) is 1.08. The third-order valence-electron chi connectivity index (χ3n) is 3.55. The third-order valence-corrected chi connectivity index (χ3v) is 3.55. The minimum absolute atomic E-state index is 0.760. The van der Waals surface area contributed by atoms with Gasteiger partial charge in [-0.3, -0.25) is 5.01 Å². The number of hydrogen-bond acceptors (Lipinski definition) is 6. The molecule has 138 valence electrons. The standard InChI is InChI=1S/C15H18N4O.C2H2O4/c1-13(17-19-8-10-20-11-9-19)14-2-4-15(5-3-14)18-7-6-16-12-18;3-1(4)2(5)6/h2-7,12H,8-11H2,1H3;(H,3,4)(H,5,6)/b17-13+;. The van der Waals surface area contributed by atoms with E-state index in [1.807, 2.05) is 17.7 Å². The van der Waals surface area contributed by atoms with Crippen molar-refractivity contribution in [3.8, 4) is 5.69 Å². The van der Waals surface area contributed by atoms with Gasteiger partial charge in [0.05, 0.1) is 38.3 Å². The minimum atomic E-state index is -1.82. The highest BCUT2D eigenvalue weighted by Crippen LogP contribution is 2.11. The summed E-state index contributed by atoms with van der Waals surface area (Å²) in [7, 11) is 0. The van der Waals surface area contributed by atoms with Crippen LogP contribution in [0.1, 0.15) is 12.5 Å². The Morgan fingerprint density at radius 3 is 2.23 bits per heavy atom. The van der Waals surface area contributed by atoms with E-state index >= 15 is 0 Å². The molecule has 0 saturated carbocycles. The van der Waals surface area contributed by atoms with Gasteiger partial charge in [-0.1, -0.05) is 12.1 Å². The van der Waals surface area contributed by atoms with Gasteiger partial charge in [-0.25, -0.2) is 14.6 Å². The van der Waals surface area contributed by atoms with Gasteiger partial charge in [-0.2, -0.15) is 5.10 Å². The van der Waals surface area contributed by atoms with Crippen LogP contribution in [0.3, 0.4) is 0 Å². The maximum atomic E-state index is 9.10. The fourth-order valence-electron chi connectivity index (χ4n) is 2.21. The topological polar surface area (TPSA) is 117 Å². The van der Waals surface area contributed by atoms with Crippen molar-refractivity contribution >= 4 is 17.7 Å². The van der Waals surface area contributed by atoms with Crippen molar-refractivity contribution < 1.29 is 24.5 Å². The van der Waals surface area contributed by atoms with Gasteiger partial charge in [0.25, 0.3) is 0 Å². The number of benzene rings is 1. The molecule has 1 aliphatic heterocycles. The molecular weight excluding hydrogens is 340 g/mol. The Kier molecular flexibility index (Phi) is 6.86. The molecule has 0 spiro atoms. The molecule has 0 amide bonds. The number of carbonyl (C=O) groups is 2. The van der Waals surface area contributed by atoms with Crippen LogP contribution < -0.4 is 0 Å². The lowest BCUT2D eigenvalue weighted by atomic mass is 10.1. The number of aliphatic carboxylic acids is 2. The molecule has 26 heavy (non-hydrogen) atoms. The lowest BCUT2D eigenvalue weighted by Crippen LogP contribution is -2.33. The molecule has 2 N–H and O–H groups in total. The number of aromatic nitrogens is 2. The van der Waals surface area contributed by atoms with Crippen LogP contribution in [0.2, 0.25) is 0 Å². The Balaban J connectivity index is 0.000000352. The molecule has 1 aliphatic rings. The number of carboxylic acid groups (broad SMARTS) is 2. The monoisotopic (exact) mass is 360 g/mol. The molecule has 0 radical (unpaired) electrons. The molecule has 0 bridgehead atoms. The molecule has 0 atom stereocenters. The van der Waals surface area contributed by atoms with Crippen molar-refractivity contribution in [1.82, 2.24) is 14.6 Å². The summed E-state index contributed by atoms with van der Waals surface area (Å²) in [4.78, 5) is 22.3. The summed E-state index contributed by atoms with van der Waals surface area (Å²) in [5, 5.41) is 21.5. The second-order valence-electron chi connectivity index (χ2n) is 5.38. The first-order valence-corrected chi connectivity index (χ1v) is 7.90. The van der Waals surface area contributed by atoms with Crippen molar-refractivity contribution in [1.29, 1.82) is 0 Å². The second-order valence-corrected chi connectivity index (χ2v) is 5.38. The summed E-state index contributed by atoms with van der Waals surface area (Å²) in [5.74, 6) is -3.65. The Hall–Kier alpha value is -3.20. The molecule has 9 nitrogen and oxygen atoms in total. The fourth-order valence-corrected chi connectivity index (χ4v) is 2.21. The second kappa shape index (κ2) is 9.33. The van der Waals surface area contributed by atoms with Gasteiger partial charge < -0.3 is 19.5 Å². The van der Waals surface area contributed by atoms with Crippen LogP contribution in [-0.4, -0.2) is 68.7 Å². The number of morpholine rings is 1. The molecule has 1 aromatic carbocycles. The maximum Gasteiger partial charge on any atom is 0.414 e. The van der Waals surface area contributed by atoms with E-state index in [2.05, 4.69) is 39.4 Å². The lowest BCUT2D eigenvalue weighted by Gasteiger charge is -2.24. The summed E-state index contributed by atoms with van der Waals surface area (Å²) in [6, 6.07) is 8.34. The number of hydrazone groups is 1. The van der Waals surface area contributed by atoms with Gasteiger partial charge in [-0.15, -0.1) is 0 Å². The Morgan fingerprint density at radius 1 is 1.12 bits per heavy atom. The van der Waals surface area contributed by atoms with E-state index in [0.717, 1.165) is 43.3 Å². The molecule has 2 aromatic rings. The molecule has 2 heterocycles. The fraction of sp³-hybridized carbons (Fsp3) is 0.294. The van der Waals surface area contributed by atoms with Crippen LogP contribution in [0.25, 0.3) is 5.69 Å². The van der Waals surface area contributed by atoms with E-state index < -0.39 is 11.9 Å². The smallest absolute Gasteiger partial charge is 0.414 e. The van der Waals surface area contributed by atoms with Gasteiger partial charge in [0.1, 0.15) is 0 Å². The van der Waals surface area contributed by atoms with Crippen molar-refractivity contribution in [3.05, 3.63) is 48.5 Å². The predicted molar refractivity (Wildman–Crippen MR) is 93.4 cm³/mol. The van der Waals surface area contributed by atoms with E-state index in [1.54, 1.807) is 12.5 Å². The number of imidazole rings is 1. The molecule has 0 unspecified atom stereocenters. The zero-order chi connectivity index (χ0) is 18.9. The minimum Gasteiger partial charge on any atom is -0.473 e. The van der Waals surface area contributed by atoms with E-state index in [0.29, 0.717) is 0 Å². The molecule has 0 aliphatic carbocycles. The van der Waals surface area contributed by atoms with Crippen LogP contribution >= 0.6 is 0 Å². The summed E-state index contributed by atoms with van der Waals surface area (Å²) < 4.78 is 7.31. The number of hydrogen-bond donors (Lipinski definition) is 2. The van der Waals surface area contributed by atoms with Gasteiger partial charge >= 0.3 is 11.9 Å². The van der Waals surface area contributed by atoms with Crippen LogP contribution in [0.4, 0.5) is 0 Å². The number of carboxylic acids is 2. The number of nitrogens with zero attached hydrogens (tertiary/aromatic N) is 4. The highest BCUT2D eigenvalue weighted by molar-refractivity contribution is 6.27. The Morgan fingerprint density at radius 2 is 1.73 bits per heavy atom. The number of rotatable bonds is 3. The molecule has 9 heteroatoms. The van der Waals surface area contributed by atoms with Crippen LogP contribution in [0.5, 0.6) is 0 Å². The highest BCUT2D eigenvalue weighted by Gasteiger charge is 2.08. The average Bonchev–Trinajstić information content (AvgIpc) is 3.18. The van der Waals surface area contributed by atoms with E-state index in [9.17, 15) is 0 Å². The summed E-state index contributed by atoms with van der Waals surface area (Å²) in [6.07, 6.45) is 5.51. The highest BCUT2D eigenvalue weighted by atomic mass is 16.5. The Bertz CT molecular complexity index is 738. The SMILES string of the molecule is C/C(=N\N1CCOCC1)c1ccc(-n2ccnc2)cc1.O=C(O)C(=O)O.